The lowest BCUT2D eigenvalue weighted by Gasteiger charge is -2.16. The Balaban J connectivity index is 3.37. The first kappa shape index (κ1) is 51.9. The van der Waals surface area contributed by atoms with Gasteiger partial charge in [-0.05, 0) is 44.9 Å². The minimum absolute atomic E-state index is 0.168. The second-order valence-electron chi connectivity index (χ2n) is 16.2. The van der Waals surface area contributed by atoms with Crippen LogP contribution in [-0.4, -0.2) is 37.0 Å². The van der Waals surface area contributed by atoms with Gasteiger partial charge in [-0.15, -0.1) is 0 Å². The molecule has 0 aromatic heterocycles. The lowest BCUT2D eigenvalue weighted by atomic mass is 10.0. The van der Waals surface area contributed by atoms with Crippen molar-refractivity contribution < 1.29 is 19.4 Å². The van der Waals surface area contributed by atoms with Gasteiger partial charge in [0.15, 0.2) is 0 Å². The molecule has 0 saturated carbocycles. The highest BCUT2D eigenvalue weighted by molar-refractivity contribution is 5.69. The van der Waals surface area contributed by atoms with Gasteiger partial charge in [0.1, 0.15) is 6.10 Å². The standard InChI is InChI=1S/C49H94O4/c1-3-5-7-9-11-13-15-17-19-21-23-25-26-28-30-32-34-36-38-40-42-44-49(51)53-48(46-50)47-52-45-43-41-39-37-35-33-31-29-27-24-22-20-18-16-14-12-10-8-6-4-2/h12,14,18,20,48,50H,3-11,13,15-17,19,21-47H2,1-2H3/b14-12-,20-18-. The lowest BCUT2D eigenvalue weighted by molar-refractivity contribution is -0.154. The van der Waals surface area contributed by atoms with Crippen molar-refractivity contribution in [2.24, 2.45) is 0 Å². The molecule has 314 valence electrons. The fraction of sp³-hybridized carbons (Fsp3) is 0.898. The fourth-order valence-corrected chi connectivity index (χ4v) is 7.18. The van der Waals surface area contributed by atoms with E-state index in [1.807, 2.05) is 0 Å². The van der Waals surface area contributed by atoms with Gasteiger partial charge in [0.2, 0.25) is 0 Å². The summed E-state index contributed by atoms with van der Waals surface area (Å²) in [5, 5.41) is 9.63. The molecule has 0 aliphatic carbocycles. The Morgan fingerprint density at radius 1 is 0.453 bits per heavy atom. The SMILES string of the molecule is CCCCC/C=C\C/C=C\CCCCCCCCCCCCOCC(CO)OC(=O)CCCCCCCCCCCCCCCCCCCCCCC. The maximum Gasteiger partial charge on any atom is 0.306 e. The third kappa shape index (κ3) is 45.2. The average molecular weight is 747 g/mol. The van der Waals surface area contributed by atoms with Gasteiger partial charge in [0.05, 0.1) is 13.2 Å². The number of aliphatic hydroxyl groups is 1. The molecule has 1 atom stereocenters. The Kier molecular flexibility index (Phi) is 46.0. The summed E-state index contributed by atoms with van der Waals surface area (Å²) < 4.78 is 11.2. The summed E-state index contributed by atoms with van der Waals surface area (Å²) in [5.74, 6) is -0.196. The Morgan fingerprint density at radius 3 is 1.21 bits per heavy atom. The Labute approximate surface area is 332 Å². The van der Waals surface area contributed by atoms with Gasteiger partial charge in [-0.2, -0.15) is 0 Å². The van der Waals surface area contributed by atoms with Crippen LogP contribution < -0.4 is 0 Å². The minimum Gasteiger partial charge on any atom is -0.457 e. The van der Waals surface area contributed by atoms with Crippen molar-refractivity contribution in [1.82, 2.24) is 0 Å². The zero-order valence-electron chi connectivity index (χ0n) is 36.1. The molecule has 1 N–H and O–H groups in total. The van der Waals surface area contributed by atoms with Gasteiger partial charge >= 0.3 is 5.97 Å². The van der Waals surface area contributed by atoms with E-state index in [4.69, 9.17) is 9.47 Å². The van der Waals surface area contributed by atoms with E-state index in [0.717, 1.165) is 25.7 Å². The first-order chi connectivity index (χ1) is 26.2. The molecule has 0 bridgehead atoms. The van der Waals surface area contributed by atoms with Gasteiger partial charge in [-0.3, -0.25) is 4.79 Å². The van der Waals surface area contributed by atoms with Crippen LogP contribution in [0, 0.1) is 0 Å². The molecule has 0 radical (unpaired) electrons. The summed E-state index contributed by atoms with van der Waals surface area (Å²) in [6.45, 7) is 5.36. The predicted molar refractivity (Wildman–Crippen MR) is 233 cm³/mol. The highest BCUT2D eigenvalue weighted by atomic mass is 16.6. The van der Waals surface area contributed by atoms with E-state index in [9.17, 15) is 9.90 Å². The van der Waals surface area contributed by atoms with Crippen molar-refractivity contribution in [3.8, 4) is 0 Å². The number of hydrogen-bond acceptors (Lipinski definition) is 4. The first-order valence-electron chi connectivity index (χ1n) is 23.9. The van der Waals surface area contributed by atoms with Crippen molar-refractivity contribution in [2.45, 2.75) is 264 Å². The van der Waals surface area contributed by atoms with Crippen molar-refractivity contribution in [2.75, 3.05) is 19.8 Å². The van der Waals surface area contributed by atoms with Crippen LogP contribution in [-0.2, 0) is 14.3 Å². The quantitative estimate of drug-likeness (QED) is 0.0383. The van der Waals surface area contributed by atoms with Crippen LogP contribution in [0.1, 0.15) is 258 Å². The van der Waals surface area contributed by atoms with E-state index in [1.165, 1.54) is 212 Å². The third-order valence-corrected chi connectivity index (χ3v) is 10.8. The summed E-state index contributed by atoms with van der Waals surface area (Å²) in [4.78, 5) is 12.2. The normalized spacial score (nSPS) is 12.4. The summed E-state index contributed by atoms with van der Waals surface area (Å²) in [6, 6.07) is 0. The number of allylic oxidation sites excluding steroid dienone is 4. The van der Waals surface area contributed by atoms with Gasteiger partial charge < -0.3 is 14.6 Å². The number of esters is 1. The van der Waals surface area contributed by atoms with Crippen LogP contribution in [0.4, 0.5) is 0 Å². The number of carbonyl (C=O) groups is 1. The van der Waals surface area contributed by atoms with Crippen LogP contribution in [0.3, 0.4) is 0 Å². The van der Waals surface area contributed by atoms with E-state index in [2.05, 4.69) is 38.2 Å². The molecule has 0 aliphatic rings. The Morgan fingerprint density at radius 2 is 0.792 bits per heavy atom. The van der Waals surface area contributed by atoms with Crippen LogP contribution in [0.2, 0.25) is 0 Å². The summed E-state index contributed by atoms with van der Waals surface area (Å²) in [7, 11) is 0. The molecule has 0 aromatic carbocycles. The molecule has 0 aromatic rings. The fourth-order valence-electron chi connectivity index (χ4n) is 7.18. The predicted octanol–water partition coefficient (Wildman–Crippen LogP) is 15.9. The highest BCUT2D eigenvalue weighted by Crippen LogP contribution is 2.16. The second-order valence-corrected chi connectivity index (χ2v) is 16.2. The number of ether oxygens (including phenoxy) is 2. The third-order valence-electron chi connectivity index (χ3n) is 10.8. The Hall–Kier alpha value is -1.13. The zero-order valence-corrected chi connectivity index (χ0v) is 36.1. The van der Waals surface area contributed by atoms with Crippen molar-refractivity contribution in [1.29, 1.82) is 0 Å². The molecule has 1 unspecified atom stereocenters. The molecule has 4 nitrogen and oxygen atoms in total. The first-order valence-corrected chi connectivity index (χ1v) is 23.9. The molecule has 0 amide bonds. The summed E-state index contributed by atoms with van der Waals surface area (Å²) in [6.07, 6.45) is 58.3. The lowest BCUT2D eigenvalue weighted by Crippen LogP contribution is -2.27. The summed E-state index contributed by atoms with van der Waals surface area (Å²) in [5.41, 5.74) is 0. The molecule has 4 heteroatoms. The molecule has 53 heavy (non-hydrogen) atoms. The van der Waals surface area contributed by atoms with E-state index < -0.39 is 6.10 Å². The monoisotopic (exact) mass is 747 g/mol. The topological polar surface area (TPSA) is 55.8 Å². The smallest absolute Gasteiger partial charge is 0.306 e. The van der Waals surface area contributed by atoms with Crippen molar-refractivity contribution in [3.63, 3.8) is 0 Å². The van der Waals surface area contributed by atoms with E-state index in [-0.39, 0.29) is 12.6 Å². The average Bonchev–Trinajstić information content (AvgIpc) is 3.16. The minimum atomic E-state index is -0.532. The van der Waals surface area contributed by atoms with Gasteiger partial charge in [0.25, 0.3) is 0 Å². The van der Waals surface area contributed by atoms with Gasteiger partial charge in [0, 0.05) is 13.0 Å². The van der Waals surface area contributed by atoms with Crippen LogP contribution in [0.15, 0.2) is 24.3 Å². The maximum atomic E-state index is 12.2. The molecule has 0 saturated heterocycles. The summed E-state index contributed by atoms with van der Waals surface area (Å²) >= 11 is 0. The number of hydrogen-bond donors (Lipinski definition) is 1. The second kappa shape index (κ2) is 47.0. The number of unbranched alkanes of at least 4 members (excludes halogenated alkanes) is 33. The highest BCUT2D eigenvalue weighted by Gasteiger charge is 2.13. The van der Waals surface area contributed by atoms with Crippen molar-refractivity contribution >= 4 is 5.97 Å². The van der Waals surface area contributed by atoms with E-state index >= 15 is 0 Å². The number of rotatable bonds is 45. The largest absolute Gasteiger partial charge is 0.457 e. The van der Waals surface area contributed by atoms with Gasteiger partial charge in [-0.1, -0.05) is 231 Å². The molecule has 0 fully saturated rings. The van der Waals surface area contributed by atoms with E-state index in [0.29, 0.717) is 19.6 Å². The van der Waals surface area contributed by atoms with E-state index in [1.54, 1.807) is 0 Å². The molecule has 0 heterocycles. The molecular weight excluding hydrogens is 653 g/mol. The Bertz CT molecular complexity index is 747. The zero-order chi connectivity index (χ0) is 38.4. The van der Waals surface area contributed by atoms with Gasteiger partial charge in [-0.25, -0.2) is 0 Å². The van der Waals surface area contributed by atoms with Crippen LogP contribution in [0.25, 0.3) is 0 Å². The maximum absolute atomic E-state index is 12.2. The molecular formula is C49H94O4. The number of aliphatic hydroxyl groups excluding tert-OH is 1. The molecule has 0 aliphatic heterocycles. The van der Waals surface area contributed by atoms with Crippen LogP contribution in [0.5, 0.6) is 0 Å². The molecule has 0 rings (SSSR count). The molecule has 0 spiro atoms. The van der Waals surface area contributed by atoms with Crippen molar-refractivity contribution in [3.05, 3.63) is 24.3 Å². The van der Waals surface area contributed by atoms with Crippen LogP contribution >= 0.6 is 0 Å². The number of carbonyl (C=O) groups excluding carboxylic acids is 1.